The highest BCUT2D eigenvalue weighted by Gasteiger charge is 1.98. The van der Waals surface area contributed by atoms with Gasteiger partial charge in [-0.1, -0.05) is 59.3 Å². The predicted molar refractivity (Wildman–Crippen MR) is 94.9 cm³/mol. The van der Waals surface area contributed by atoms with Crippen molar-refractivity contribution in [3.8, 4) is 11.5 Å². The third-order valence-electron chi connectivity index (χ3n) is 3.78. The Balaban J connectivity index is 2.08. The Hall–Kier alpha value is -1.18. The molecule has 2 nitrogen and oxygen atoms in total. The van der Waals surface area contributed by atoms with Crippen molar-refractivity contribution >= 4 is 0 Å². The topological polar surface area (TPSA) is 18.5 Å². The molecule has 0 atom stereocenters. The van der Waals surface area contributed by atoms with Gasteiger partial charge in [-0.2, -0.15) is 0 Å². The summed E-state index contributed by atoms with van der Waals surface area (Å²) in [5, 5.41) is 0. The number of rotatable bonds is 13. The molecule has 0 spiro atoms. The van der Waals surface area contributed by atoms with Gasteiger partial charge in [-0.15, -0.1) is 0 Å². The van der Waals surface area contributed by atoms with Crippen LogP contribution in [0.25, 0.3) is 0 Å². The van der Waals surface area contributed by atoms with Crippen molar-refractivity contribution in [3.05, 3.63) is 24.3 Å². The molecule has 126 valence electrons. The molecule has 0 heterocycles. The Kier molecular flexibility index (Phi) is 10.6. The molecule has 0 amide bonds. The van der Waals surface area contributed by atoms with Crippen molar-refractivity contribution in [2.75, 3.05) is 13.2 Å². The summed E-state index contributed by atoms with van der Waals surface area (Å²) in [4.78, 5) is 0. The van der Waals surface area contributed by atoms with E-state index in [1.807, 2.05) is 24.3 Å². The molecule has 0 fully saturated rings. The molecule has 0 aromatic heterocycles. The maximum absolute atomic E-state index is 5.77. The first-order valence-corrected chi connectivity index (χ1v) is 9.08. The van der Waals surface area contributed by atoms with Gasteiger partial charge in [0.2, 0.25) is 0 Å². The summed E-state index contributed by atoms with van der Waals surface area (Å²) in [6.45, 7) is 8.42. The van der Waals surface area contributed by atoms with Gasteiger partial charge in [0.25, 0.3) is 0 Å². The lowest BCUT2D eigenvalue weighted by molar-refractivity contribution is 0.296. The Labute approximate surface area is 137 Å². The fraction of sp³-hybridized carbons (Fsp3) is 0.700. The normalized spacial score (nSPS) is 10.9. The first-order chi connectivity index (χ1) is 10.7. The van der Waals surface area contributed by atoms with E-state index in [1.54, 1.807) is 0 Å². The summed E-state index contributed by atoms with van der Waals surface area (Å²) in [5.41, 5.74) is 0. The lowest BCUT2D eigenvalue weighted by Gasteiger charge is -2.09. The molecule has 1 rings (SSSR count). The molecule has 0 radical (unpaired) electrons. The fourth-order valence-corrected chi connectivity index (χ4v) is 2.37. The van der Waals surface area contributed by atoms with Crippen LogP contribution < -0.4 is 9.47 Å². The van der Waals surface area contributed by atoms with Gasteiger partial charge in [-0.25, -0.2) is 0 Å². The highest BCUT2D eigenvalue weighted by Crippen LogP contribution is 2.18. The van der Waals surface area contributed by atoms with Gasteiger partial charge in [-0.05, 0) is 43.0 Å². The van der Waals surface area contributed by atoms with E-state index in [0.717, 1.165) is 43.5 Å². The van der Waals surface area contributed by atoms with Crippen LogP contribution in [0.15, 0.2) is 24.3 Å². The van der Waals surface area contributed by atoms with Crippen LogP contribution in [-0.2, 0) is 0 Å². The van der Waals surface area contributed by atoms with Gasteiger partial charge >= 0.3 is 0 Å². The zero-order valence-corrected chi connectivity index (χ0v) is 14.8. The van der Waals surface area contributed by atoms with Crippen molar-refractivity contribution in [3.63, 3.8) is 0 Å². The molecule has 1 aromatic rings. The smallest absolute Gasteiger partial charge is 0.119 e. The molecular formula is C20H34O2. The molecule has 0 N–H and O–H groups in total. The van der Waals surface area contributed by atoms with Crippen molar-refractivity contribution in [1.29, 1.82) is 0 Å². The van der Waals surface area contributed by atoms with Crippen LogP contribution in [0.4, 0.5) is 0 Å². The first kappa shape index (κ1) is 18.9. The van der Waals surface area contributed by atoms with E-state index in [9.17, 15) is 0 Å². The van der Waals surface area contributed by atoms with Gasteiger partial charge in [0, 0.05) is 0 Å². The molecule has 0 saturated heterocycles. The van der Waals surface area contributed by atoms with Crippen molar-refractivity contribution in [2.45, 2.75) is 72.1 Å². The number of benzene rings is 1. The van der Waals surface area contributed by atoms with E-state index in [0.29, 0.717) is 0 Å². The molecule has 0 aliphatic heterocycles. The van der Waals surface area contributed by atoms with Gasteiger partial charge in [-0.3, -0.25) is 0 Å². The molecule has 0 aliphatic carbocycles. The van der Waals surface area contributed by atoms with Gasteiger partial charge in [0.15, 0.2) is 0 Å². The zero-order valence-electron chi connectivity index (χ0n) is 14.8. The van der Waals surface area contributed by atoms with Crippen LogP contribution in [0.1, 0.15) is 72.1 Å². The lowest BCUT2D eigenvalue weighted by atomic mass is 10.1. The van der Waals surface area contributed by atoms with Crippen LogP contribution in [0.5, 0.6) is 11.5 Å². The second-order valence-corrected chi connectivity index (χ2v) is 6.47. The number of unbranched alkanes of at least 4 members (excludes halogenated alkanes) is 5. The quantitative estimate of drug-likeness (QED) is 0.401. The third-order valence-corrected chi connectivity index (χ3v) is 3.78. The summed E-state index contributed by atoms with van der Waals surface area (Å²) < 4.78 is 11.5. The summed E-state index contributed by atoms with van der Waals surface area (Å²) >= 11 is 0. The van der Waals surface area contributed by atoms with Gasteiger partial charge in [0.05, 0.1) is 13.2 Å². The van der Waals surface area contributed by atoms with Crippen LogP contribution >= 0.6 is 0 Å². The van der Waals surface area contributed by atoms with Crippen LogP contribution in [0, 0.1) is 5.92 Å². The van der Waals surface area contributed by atoms with Crippen molar-refractivity contribution in [2.24, 2.45) is 5.92 Å². The number of hydrogen-bond acceptors (Lipinski definition) is 2. The Morgan fingerprint density at radius 1 is 0.727 bits per heavy atom. The highest BCUT2D eigenvalue weighted by molar-refractivity contribution is 5.31. The summed E-state index contributed by atoms with van der Waals surface area (Å²) in [5.74, 6) is 2.71. The maximum Gasteiger partial charge on any atom is 0.119 e. The molecule has 0 bridgehead atoms. The van der Waals surface area contributed by atoms with E-state index in [4.69, 9.17) is 9.47 Å². The highest BCUT2D eigenvalue weighted by atomic mass is 16.5. The van der Waals surface area contributed by atoms with Crippen molar-refractivity contribution < 1.29 is 9.47 Å². The minimum atomic E-state index is 0.815. The van der Waals surface area contributed by atoms with Crippen molar-refractivity contribution in [1.82, 2.24) is 0 Å². The second-order valence-electron chi connectivity index (χ2n) is 6.47. The Morgan fingerprint density at radius 3 is 1.68 bits per heavy atom. The minimum absolute atomic E-state index is 0.815. The summed E-state index contributed by atoms with van der Waals surface area (Å²) in [7, 11) is 0. The average Bonchev–Trinajstić information content (AvgIpc) is 2.51. The Bertz CT molecular complexity index is 356. The summed E-state index contributed by atoms with van der Waals surface area (Å²) in [6, 6.07) is 8.03. The lowest BCUT2D eigenvalue weighted by Crippen LogP contribution is -1.99. The maximum atomic E-state index is 5.77. The molecule has 1 aromatic carbocycles. The van der Waals surface area contributed by atoms with E-state index in [2.05, 4.69) is 20.8 Å². The number of ether oxygens (including phenoxy) is 2. The molecule has 22 heavy (non-hydrogen) atoms. The minimum Gasteiger partial charge on any atom is -0.494 e. The van der Waals surface area contributed by atoms with E-state index < -0.39 is 0 Å². The molecule has 0 unspecified atom stereocenters. The average molecular weight is 306 g/mol. The fourth-order valence-electron chi connectivity index (χ4n) is 2.37. The van der Waals surface area contributed by atoms with Crippen LogP contribution in [0.3, 0.4) is 0 Å². The van der Waals surface area contributed by atoms with Gasteiger partial charge in [0.1, 0.15) is 11.5 Å². The molecular weight excluding hydrogens is 272 g/mol. The SMILES string of the molecule is CCCCCCOc1ccc(OCCCCCC(C)C)cc1. The predicted octanol–water partition coefficient (Wildman–Crippen LogP) is 6.24. The molecule has 2 heteroatoms. The van der Waals surface area contributed by atoms with Gasteiger partial charge < -0.3 is 9.47 Å². The van der Waals surface area contributed by atoms with Crippen LogP contribution in [0.2, 0.25) is 0 Å². The molecule has 0 saturated carbocycles. The third kappa shape index (κ3) is 9.70. The van der Waals surface area contributed by atoms with E-state index in [1.165, 1.54) is 38.5 Å². The first-order valence-electron chi connectivity index (χ1n) is 9.08. The number of hydrogen-bond donors (Lipinski definition) is 0. The van der Waals surface area contributed by atoms with E-state index in [-0.39, 0.29) is 0 Å². The molecule has 0 aliphatic rings. The largest absolute Gasteiger partial charge is 0.494 e. The zero-order chi connectivity index (χ0) is 16.0. The summed E-state index contributed by atoms with van der Waals surface area (Å²) in [6.07, 6.45) is 10.0. The second kappa shape index (κ2) is 12.4. The standard InChI is InChI=1S/C20H34O2/c1-4-5-6-9-16-21-19-12-14-20(15-13-19)22-17-10-7-8-11-18(2)3/h12-15,18H,4-11,16-17H2,1-3H3. The monoisotopic (exact) mass is 306 g/mol. The van der Waals surface area contributed by atoms with E-state index >= 15 is 0 Å². The van der Waals surface area contributed by atoms with Crippen LogP contribution in [-0.4, -0.2) is 13.2 Å². The Morgan fingerprint density at radius 2 is 1.23 bits per heavy atom.